The molecule has 124 valence electrons. The number of hydrogen-bond acceptors (Lipinski definition) is 6. The van der Waals surface area contributed by atoms with Crippen LogP contribution in [0.2, 0.25) is 0 Å². The Morgan fingerprint density at radius 1 is 1.43 bits per heavy atom. The molecule has 0 fully saturated rings. The third-order valence-corrected chi connectivity index (χ3v) is 4.78. The third kappa shape index (κ3) is 2.96. The normalized spacial score (nSPS) is 16.3. The van der Waals surface area contributed by atoms with Crippen LogP contribution in [-0.4, -0.2) is 36.9 Å². The van der Waals surface area contributed by atoms with Gasteiger partial charge in [-0.25, -0.2) is 18.1 Å². The number of anilines is 1. The number of methoxy groups -OCH3 is 1. The van der Waals surface area contributed by atoms with Gasteiger partial charge >= 0.3 is 0 Å². The molecule has 3 heterocycles. The number of sulfonamides is 1. The van der Waals surface area contributed by atoms with Crippen LogP contribution in [-0.2, 0) is 16.6 Å². The minimum atomic E-state index is -3.86. The molecule has 0 aliphatic carbocycles. The molecule has 1 N–H and O–H groups in total. The fourth-order valence-electron chi connectivity index (χ4n) is 2.35. The van der Waals surface area contributed by atoms with Gasteiger partial charge in [0.25, 0.3) is 10.0 Å². The average Bonchev–Trinajstić information content (AvgIpc) is 2.89. The van der Waals surface area contributed by atoms with Crippen molar-refractivity contribution in [2.24, 2.45) is 5.41 Å². The van der Waals surface area contributed by atoms with E-state index in [2.05, 4.69) is 14.8 Å². The quantitative estimate of drug-likeness (QED) is 0.908. The van der Waals surface area contributed by atoms with Gasteiger partial charge in [-0.2, -0.15) is 5.10 Å². The van der Waals surface area contributed by atoms with Gasteiger partial charge in [-0.05, 0) is 12.1 Å². The number of fused-ring (bicyclic) bond motifs is 1. The Bertz CT molecular complexity index is 829. The monoisotopic (exact) mass is 338 g/mol. The van der Waals surface area contributed by atoms with E-state index in [-0.39, 0.29) is 27.8 Å². The largest absolute Gasteiger partial charge is 0.480 e. The van der Waals surface area contributed by atoms with E-state index in [1.807, 2.05) is 13.8 Å². The zero-order valence-corrected chi connectivity index (χ0v) is 13.9. The molecule has 9 heteroatoms. The highest BCUT2D eigenvalue weighted by atomic mass is 32.2. The van der Waals surface area contributed by atoms with Gasteiger partial charge in [-0.15, -0.1) is 0 Å². The van der Waals surface area contributed by atoms with Crippen molar-refractivity contribution in [3.63, 3.8) is 0 Å². The second-order valence-corrected chi connectivity index (χ2v) is 7.74. The van der Waals surface area contributed by atoms with Crippen molar-refractivity contribution in [1.82, 2.24) is 14.8 Å². The van der Waals surface area contributed by atoms with Crippen molar-refractivity contribution in [2.75, 3.05) is 18.4 Å². The summed E-state index contributed by atoms with van der Waals surface area (Å²) in [7, 11) is -2.44. The first-order valence-corrected chi connectivity index (χ1v) is 8.51. The number of pyridine rings is 1. The van der Waals surface area contributed by atoms with E-state index in [9.17, 15) is 8.42 Å². The van der Waals surface area contributed by atoms with E-state index < -0.39 is 10.0 Å². The molecule has 0 unspecified atom stereocenters. The summed E-state index contributed by atoms with van der Waals surface area (Å²) in [6.45, 7) is 5.08. The van der Waals surface area contributed by atoms with Crippen molar-refractivity contribution >= 4 is 15.7 Å². The van der Waals surface area contributed by atoms with Crippen LogP contribution in [0, 0.1) is 5.41 Å². The molecule has 0 saturated heterocycles. The highest BCUT2D eigenvalue weighted by molar-refractivity contribution is 7.92. The van der Waals surface area contributed by atoms with Crippen LogP contribution in [0.4, 0.5) is 5.69 Å². The maximum atomic E-state index is 12.6. The van der Waals surface area contributed by atoms with Gasteiger partial charge in [0.15, 0.2) is 4.90 Å². The first-order valence-electron chi connectivity index (χ1n) is 7.03. The van der Waals surface area contributed by atoms with E-state index in [0.717, 1.165) is 0 Å². The smallest absolute Gasteiger partial charge is 0.269 e. The van der Waals surface area contributed by atoms with E-state index in [1.165, 1.54) is 19.5 Å². The Morgan fingerprint density at radius 2 is 2.22 bits per heavy atom. The van der Waals surface area contributed by atoms with Crippen LogP contribution in [0.15, 0.2) is 29.4 Å². The molecule has 0 aromatic carbocycles. The van der Waals surface area contributed by atoms with E-state index in [4.69, 9.17) is 9.47 Å². The van der Waals surface area contributed by atoms with Gasteiger partial charge in [0, 0.05) is 11.6 Å². The van der Waals surface area contributed by atoms with Crippen LogP contribution in [0.5, 0.6) is 11.8 Å². The Balaban J connectivity index is 1.94. The second-order valence-electron chi connectivity index (χ2n) is 6.09. The van der Waals surface area contributed by atoms with Crippen LogP contribution in [0.25, 0.3) is 0 Å². The summed E-state index contributed by atoms with van der Waals surface area (Å²) in [5, 5.41) is 4.13. The van der Waals surface area contributed by atoms with Crippen molar-refractivity contribution in [3.8, 4) is 11.8 Å². The lowest BCUT2D eigenvalue weighted by molar-refractivity contribution is 0.0971. The number of ether oxygens (including phenoxy) is 2. The van der Waals surface area contributed by atoms with Crippen molar-refractivity contribution in [2.45, 2.75) is 25.3 Å². The predicted octanol–water partition coefficient (Wildman–Crippen LogP) is 1.51. The molecule has 0 bridgehead atoms. The van der Waals surface area contributed by atoms with Crippen LogP contribution in [0.3, 0.4) is 0 Å². The second kappa shape index (κ2) is 5.41. The first kappa shape index (κ1) is 15.6. The number of aromatic nitrogens is 3. The lowest BCUT2D eigenvalue weighted by Crippen LogP contribution is -2.33. The van der Waals surface area contributed by atoms with Crippen molar-refractivity contribution in [3.05, 3.63) is 24.5 Å². The van der Waals surface area contributed by atoms with Gasteiger partial charge in [0.1, 0.15) is 5.69 Å². The van der Waals surface area contributed by atoms with E-state index in [0.29, 0.717) is 13.2 Å². The van der Waals surface area contributed by atoms with E-state index >= 15 is 0 Å². The maximum absolute atomic E-state index is 12.6. The van der Waals surface area contributed by atoms with Crippen molar-refractivity contribution in [1.29, 1.82) is 0 Å². The molecule has 0 spiro atoms. The molecule has 1 aliphatic rings. The molecule has 2 aromatic heterocycles. The Kier molecular flexibility index (Phi) is 3.67. The third-order valence-electron chi connectivity index (χ3n) is 3.44. The van der Waals surface area contributed by atoms with Crippen LogP contribution >= 0.6 is 0 Å². The summed E-state index contributed by atoms with van der Waals surface area (Å²) < 4.78 is 40.0. The fraction of sp³-hybridized carbons (Fsp3) is 0.429. The molecule has 0 atom stereocenters. The Labute approximate surface area is 134 Å². The predicted molar refractivity (Wildman–Crippen MR) is 83.1 cm³/mol. The molecular weight excluding hydrogens is 320 g/mol. The topological polar surface area (TPSA) is 95.3 Å². The van der Waals surface area contributed by atoms with Crippen molar-refractivity contribution < 1.29 is 17.9 Å². The standard InChI is InChI=1S/C14H18N4O4S/c1-14(2)8-18-13(22-9-14)11(7-16-18)23(19,20)17-10-5-4-6-15-12(10)21-3/h4-7,17H,8-9H2,1-3H3. The molecule has 0 radical (unpaired) electrons. The Morgan fingerprint density at radius 3 is 2.96 bits per heavy atom. The zero-order valence-electron chi connectivity index (χ0n) is 13.1. The first-order chi connectivity index (χ1) is 10.8. The lowest BCUT2D eigenvalue weighted by Gasteiger charge is -2.30. The Hall–Kier alpha value is -2.29. The zero-order chi connectivity index (χ0) is 16.7. The minimum Gasteiger partial charge on any atom is -0.480 e. The molecule has 0 amide bonds. The molecule has 23 heavy (non-hydrogen) atoms. The summed E-state index contributed by atoms with van der Waals surface area (Å²) in [5.74, 6) is 0.443. The van der Waals surface area contributed by atoms with Crippen LogP contribution < -0.4 is 14.2 Å². The molecular formula is C14H18N4O4S. The van der Waals surface area contributed by atoms with Gasteiger partial charge in [-0.3, -0.25) is 4.72 Å². The van der Waals surface area contributed by atoms with Gasteiger partial charge in [-0.1, -0.05) is 13.8 Å². The molecule has 3 rings (SSSR count). The van der Waals surface area contributed by atoms with Gasteiger partial charge in [0.2, 0.25) is 11.8 Å². The minimum absolute atomic E-state index is 0.00101. The highest BCUT2D eigenvalue weighted by Crippen LogP contribution is 2.34. The SMILES string of the molecule is COc1ncccc1NS(=O)(=O)c1cnn2c1OCC(C)(C)C2. The summed E-state index contributed by atoms with van der Waals surface area (Å²) in [6, 6.07) is 3.19. The summed E-state index contributed by atoms with van der Waals surface area (Å²) >= 11 is 0. The van der Waals surface area contributed by atoms with Gasteiger partial charge in [0.05, 0.1) is 26.5 Å². The van der Waals surface area contributed by atoms with Gasteiger partial charge < -0.3 is 9.47 Å². The fourth-order valence-corrected chi connectivity index (χ4v) is 3.48. The summed E-state index contributed by atoms with van der Waals surface area (Å²) in [4.78, 5) is 3.97. The molecule has 1 aliphatic heterocycles. The molecule has 0 saturated carbocycles. The summed E-state index contributed by atoms with van der Waals surface area (Å²) in [6.07, 6.45) is 2.81. The average molecular weight is 338 g/mol. The van der Waals surface area contributed by atoms with Crippen LogP contribution in [0.1, 0.15) is 13.8 Å². The summed E-state index contributed by atoms with van der Waals surface area (Å²) in [5.41, 5.74) is 0.158. The lowest BCUT2D eigenvalue weighted by atomic mass is 9.94. The molecule has 8 nitrogen and oxygen atoms in total. The molecule has 2 aromatic rings. The number of nitrogens with zero attached hydrogens (tertiary/aromatic N) is 3. The van der Waals surface area contributed by atoms with E-state index in [1.54, 1.807) is 16.8 Å². The number of rotatable bonds is 4. The number of nitrogens with one attached hydrogen (secondary N) is 1. The highest BCUT2D eigenvalue weighted by Gasteiger charge is 2.33. The number of hydrogen-bond donors (Lipinski definition) is 1. The maximum Gasteiger partial charge on any atom is 0.269 e.